The van der Waals surface area contributed by atoms with Gasteiger partial charge in [-0.1, -0.05) is 18.1 Å². The van der Waals surface area contributed by atoms with Crippen molar-refractivity contribution in [2.24, 2.45) is 5.11 Å². The molecule has 0 saturated carbocycles. The number of hydrogen-bond donors (Lipinski definition) is 5. The molecule has 0 aromatic heterocycles. The fourth-order valence-corrected chi connectivity index (χ4v) is 1.86. The van der Waals surface area contributed by atoms with E-state index in [9.17, 15) is 25.2 Å². The first-order chi connectivity index (χ1) is 9.92. The van der Waals surface area contributed by atoms with Gasteiger partial charge in [0.1, 0.15) is 24.4 Å². The van der Waals surface area contributed by atoms with Crippen molar-refractivity contribution < 1.29 is 30.0 Å². The van der Waals surface area contributed by atoms with Gasteiger partial charge in [0.05, 0.1) is 0 Å². The Kier molecular flexibility index (Phi) is 6.56. The summed E-state index contributed by atoms with van der Waals surface area (Å²) in [4.78, 5) is 13.9. The van der Waals surface area contributed by atoms with Crippen molar-refractivity contribution in [1.29, 1.82) is 0 Å². The van der Waals surface area contributed by atoms with Gasteiger partial charge < -0.3 is 30.5 Å². The minimum absolute atomic E-state index is 0.579. The van der Waals surface area contributed by atoms with E-state index in [1.54, 1.807) is 6.08 Å². The van der Waals surface area contributed by atoms with E-state index in [2.05, 4.69) is 15.3 Å². The highest BCUT2D eigenvalue weighted by Crippen LogP contribution is 2.22. The molecule has 1 amide bonds. The molecule has 2 unspecified atom stereocenters. The first-order valence-electron chi connectivity index (χ1n) is 6.31. The molecule has 118 valence electrons. The summed E-state index contributed by atoms with van der Waals surface area (Å²) < 4.78 is 4.89. The third-order valence-electron chi connectivity index (χ3n) is 2.94. The normalized spacial score (nSPS) is 34.2. The molecule has 0 radical (unpaired) electrons. The van der Waals surface area contributed by atoms with Crippen LogP contribution in [0.15, 0.2) is 17.3 Å². The van der Waals surface area contributed by atoms with Crippen LogP contribution in [-0.2, 0) is 9.53 Å². The van der Waals surface area contributed by atoms with Crippen LogP contribution >= 0.6 is 0 Å². The molecule has 0 aromatic rings. The number of carbonyl (C=O) groups is 1. The average Bonchev–Trinajstić information content (AvgIpc) is 2.45. The summed E-state index contributed by atoms with van der Waals surface area (Å²) in [6.07, 6.45) is -4.83. The Morgan fingerprint density at radius 3 is 2.71 bits per heavy atom. The second kappa shape index (κ2) is 7.93. The number of amides is 1. The molecule has 0 bridgehead atoms. The average molecular weight is 302 g/mol. The van der Waals surface area contributed by atoms with Gasteiger partial charge in [-0.25, -0.2) is 0 Å². The number of nitrogens with zero attached hydrogens (tertiary/aromatic N) is 3. The van der Waals surface area contributed by atoms with Gasteiger partial charge in [0, 0.05) is 4.91 Å². The van der Waals surface area contributed by atoms with Crippen molar-refractivity contribution in [3.05, 3.63) is 22.6 Å². The second-order valence-corrected chi connectivity index (χ2v) is 4.44. The third-order valence-corrected chi connectivity index (χ3v) is 2.94. The molecule has 0 aromatic carbocycles. The number of allylic oxidation sites excluding steroid dienone is 1. The lowest BCUT2D eigenvalue weighted by atomic mass is 9.96. The van der Waals surface area contributed by atoms with Crippen LogP contribution in [0.2, 0.25) is 0 Å². The SMILES string of the molecule is CCC=CC(=O)N[C@@H]1C(O)O[C@H](C(O)N=[N+]=[N-])[C@@H](O)[C@@H]1O. The molecule has 0 spiro atoms. The van der Waals surface area contributed by atoms with Crippen LogP contribution in [0.25, 0.3) is 10.4 Å². The Morgan fingerprint density at radius 2 is 2.14 bits per heavy atom. The monoisotopic (exact) mass is 302 g/mol. The van der Waals surface area contributed by atoms with Crippen LogP contribution < -0.4 is 5.32 Å². The molecule has 1 rings (SSSR count). The zero-order chi connectivity index (χ0) is 16.0. The quantitative estimate of drug-likeness (QED) is 0.179. The van der Waals surface area contributed by atoms with Crippen LogP contribution in [0.1, 0.15) is 13.3 Å². The molecule has 1 fully saturated rings. The topological polar surface area (TPSA) is 168 Å². The Labute approximate surface area is 120 Å². The highest BCUT2D eigenvalue weighted by molar-refractivity contribution is 5.87. The minimum atomic E-state index is -1.79. The van der Waals surface area contributed by atoms with E-state index < -0.39 is 42.8 Å². The number of ether oxygens (including phenoxy) is 1. The lowest BCUT2D eigenvalue weighted by molar-refractivity contribution is -0.265. The van der Waals surface area contributed by atoms with Gasteiger partial charge in [-0.2, -0.15) is 0 Å². The van der Waals surface area contributed by atoms with Gasteiger partial charge >= 0.3 is 0 Å². The zero-order valence-corrected chi connectivity index (χ0v) is 11.3. The summed E-state index contributed by atoms with van der Waals surface area (Å²) in [6, 6.07) is -1.29. The second-order valence-electron chi connectivity index (χ2n) is 4.44. The van der Waals surface area contributed by atoms with Crippen LogP contribution in [0.3, 0.4) is 0 Å². The van der Waals surface area contributed by atoms with Crippen molar-refractivity contribution in [2.75, 3.05) is 0 Å². The number of rotatable bonds is 5. The van der Waals surface area contributed by atoms with E-state index >= 15 is 0 Å². The summed E-state index contributed by atoms with van der Waals surface area (Å²) in [5.41, 5.74) is 8.21. The first-order valence-corrected chi connectivity index (χ1v) is 6.31. The highest BCUT2D eigenvalue weighted by atomic mass is 16.6. The van der Waals surface area contributed by atoms with E-state index in [1.807, 2.05) is 6.92 Å². The largest absolute Gasteiger partial charge is 0.388 e. The molecule has 1 aliphatic rings. The molecule has 1 aliphatic heterocycles. The Bertz CT molecular complexity index is 438. The Morgan fingerprint density at radius 1 is 1.48 bits per heavy atom. The fraction of sp³-hybridized carbons (Fsp3) is 0.727. The van der Waals surface area contributed by atoms with Crippen LogP contribution in [0.4, 0.5) is 0 Å². The molecule has 1 heterocycles. The van der Waals surface area contributed by atoms with E-state index in [4.69, 9.17) is 10.3 Å². The number of aliphatic hydroxyl groups excluding tert-OH is 4. The third kappa shape index (κ3) is 4.39. The summed E-state index contributed by atoms with van der Waals surface area (Å²) >= 11 is 0. The molecule has 10 heteroatoms. The van der Waals surface area contributed by atoms with Crippen molar-refractivity contribution >= 4 is 5.91 Å². The zero-order valence-electron chi connectivity index (χ0n) is 11.3. The van der Waals surface area contributed by atoms with Crippen molar-refractivity contribution in [3.8, 4) is 0 Å². The van der Waals surface area contributed by atoms with E-state index in [0.717, 1.165) is 0 Å². The summed E-state index contributed by atoms with van der Waals surface area (Å²) in [7, 11) is 0. The van der Waals surface area contributed by atoms with Crippen molar-refractivity contribution in [1.82, 2.24) is 5.32 Å². The van der Waals surface area contributed by atoms with Crippen molar-refractivity contribution in [2.45, 2.75) is 50.2 Å². The lowest BCUT2D eigenvalue weighted by Gasteiger charge is -2.41. The number of hydrogen-bond acceptors (Lipinski definition) is 7. The fourth-order valence-electron chi connectivity index (χ4n) is 1.86. The van der Waals surface area contributed by atoms with Crippen molar-refractivity contribution in [3.63, 3.8) is 0 Å². The Balaban J connectivity index is 2.77. The maximum Gasteiger partial charge on any atom is 0.244 e. The molecule has 5 N–H and O–H groups in total. The van der Waals surface area contributed by atoms with Gasteiger partial charge in [0.15, 0.2) is 12.5 Å². The molecular formula is C11H18N4O6. The standard InChI is InChI=1S/C11H18N4O6/c1-2-3-4-5(16)13-6-7(17)8(18)9(21-11(6)20)10(19)14-15-12/h3-4,6-11,17-20H,2H2,1H3,(H,13,16)/t6-,7+,8-,9-,10?,11?/m0/s1. The molecular weight excluding hydrogens is 284 g/mol. The van der Waals surface area contributed by atoms with Gasteiger partial charge in [-0.3, -0.25) is 4.79 Å². The van der Waals surface area contributed by atoms with Gasteiger partial charge in [-0.05, 0) is 18.0 Å². The molecule has 0 aliphatic carbocycles. The van der Waals surface area contributed by atoms with E-state index in [1.165, 1.54) is 6.08 Å². The van der Waals surface area contributed by atoms with Crippen LogP contribution in [-0.4, -0.2) is 63.2 Å². The lowest BCUT2D eigenvalue weighted by Crippen LogP contribution is -2.65. The molecule has 1 saturated heterocycles. The minimum Gasteiger partial charge on any atom is -0.388 e. The first kappa shape index (κ1) is 17.4. The maximum atomic E-state index is 11.5. The number of nitrogens with one attached hydrogen (secondary N) is 1. The van der Waals surface area contributed by atoms with Crippen LogP contribution in [0, 0.1) is 0 Å². The molecule has 6 atom stereocenters. The summed E-state index contributed by atoms with van der Waals surface area (Å²) in [6.45, 7) is 1.82. The Hall–Kier alpha value is -1.68. The maximum absolute atomic E-state index is 11.5. The number of carbonyl (C=O) groups excluding carboxylic acids is 1. The number of azide groups is 1. The predicted octanol–water partition coefficient (Wildman–Crippen LogP) is -1.49. The number of aliphatic hydroxyl groups is 4. The van der Waals surface area contributed by atoms with Gasteiger partial charge in [-0.15, -0.1) is 0 Å². The molecule has 10 nitrogen and oxygen atoms in total. The van der Waals surface area contributed by atoms with Gasteiger partial charge in [0.25, 0.3) is 0 Å². The summed E-state index contributed by atoms with van der Waals surface area (Å²) in [5.74, 6) is -0.579. The van der Waals surface area contributed by atoms with Gasteiger partial charge in [0.2, 0.25) is 5.91 Å². The molecule has 21 heavy (non-hydrogen) atoms. The summed E-state index contributed by atoms with van der Waals surface area (Å²) in [5, 5.41) is 44.1. The van der Waals surface area contributed by atoms with E-state index in [0.29, 0.717) is 6.42 Å². The van der Waals surface area contributed by atoms with Crippen LogP contribution in [0.5, 0.6) is 0 Å². The predicted molar refractivity (Wildman–Crippen MR) is 69.4 cm³/mol. The van der Waals surface area contributed by atoms with E-state index in [-0.39, 0.29) is 0 Å². The highest BCUT2D eigenvalue weighted by Gasteiger charge is 2.46. The smallest absolute Gasteiger partial charge is 0.244 e.